The predicted molar refractivity (Wildman–Crippen MR) is 68.8 cm³/mol. The minimum Gasteiger partial charge on any atom is -0.306 e. The van der Waals surface area contributed by atoms with Crippen molar-refractivity contribution >= 4 is 0 Å². The summed E-state index contributed by atoms with van der Waals surface area (Å²) in [5.74, 6) is 0. The Balaban J connectivity index is 1.67. The molecule has 0 atom stereocenters. The molecule has 0 bridgehead atoms. The Labute approximate surface area is 100 Å². The first-order valence-corrected chi connectivity index (χ1v) is 6.83. The van der Waals surface area contributed by atoms with Gasteiger partial charge >= 0.3 is 0 Å². The van der Waals surface area contributed by atoms with Crippen LogP contribution in [0.15, 0.2) is 0 Å². The Hall–Kier alpha value is -0.120. The van der Waals surface area contributed by atoms with Crippen molar-refractivity contribution in [2.24, 2.45) is 0 Å². The van der Waals surface area contributed by atoms with E-state index in [0.717, 1.165) is 12.1 Å². The third kappa shape index (κ3) is 2.76. The summed E-state index contributed by atoms with van der Waals surface area (Å²) in [4.78, 5) is 7.69. The zero-order chi connectivity index (χ0) is 11.5. The van der Waals surface area contributed by atoms with E-state index >= 15 is 0 Å². The van der Waals surface area contributed by atoms with Crippen LogP contribution in [0.4, 0.5) is 0 Å². The SMILES string of the molecule is CCCN1CC(N2CCC(N(C)C)CC2)C1. The molecule has 0 amide bonds. The lowest BCUT2D eigenvalue weighted by atomic mass is 9.99. The molecule has 0 aromatic heterocycles. The Morgan fingerprint density at radius 3 is 2.25 bits per heavy atom. The molecule has 2 fully saturated rings. The molecule has 0 spiro atoms. The Morgan fingerprint density at radius 1 is 1.12 bits per heavy atom. The lowest BCUT2D eigenvalue weighted by molar-refractivity contribution is 0.0105. The van der Waals surface area contributed by atoms with E-state index < -0.39 is 0 Å². The normalized spacial score (nSPS) is 26.2. The van der Waals surface area contributed by atoms with Crippen LogP contribution in [-0.4, -0.2) is 73.6 Å². The summed E-state index contributed by atoms with van der Waals surface area (Å²) < 4.78 is 0. The largest absolute Gasteiger partial charge is 0.306 e. The van der Waals surface area contributed by atoms with Gasteiger partial charge in [-0.25, -0.2) is 0 Å². The summed E-state index contributed by atoms with van der Waals surface area (Å²) in [6.07, 6.45) is 4.02. The molecular weight excluding hydrogens is 198 g/mol. The molecule has 2 saturated heterocycles. The van der Waals surface area contributed by atoms with Crippen LogP contribution in [0, 0.1) is 0 Å². The van der Waals surface area contributed by atoms with Crippen molar-refractivity contribution in [1.82, 2.24) is 14.7 Å². The molecular formula is C13H27N3. The molecule has 94 valence electrons. The summed E-state index contributed by atoms with van der Waals surface area (Å²) in [6, 6.07) is 1.69. The van der Waals surface area contributed by atoms with Crippen LogP contribution in [0.2, 0.25) is 0 Å². The first-order chi connectivity index (χ1) is 7.70. The number of hydrogen-bond donors (Lipinski definition) is 0. The molecule has 0 N–H and O–H groups in total. The Bertz CT molecular complexity index is 203. The molecule has 2 aliphatic heterocycles. The average Bonchev–Trinajstić information content (AvgIpc) is 2.23. The smallest absolute Gasteiger partial charge is 0.0350 e. The first kappa shape index (κ1) is 12.3. The van der Waals surface area contributed by atoms with E-state index in [1.807, 2.05) is 0 Å². The van der Waals surface area contributed by atoms with E-state index in [0.29, 0.717) is 0 Å². The van der Waals surface area contributed by atoms with Gasteiger partial charge in [0.25, 0.3) is 0 Å². The highest BCUT2D eigenvalue weighted by Crippen LogP contribution is 2.21. The summed E-state index contributed by atoms with van der Waals surface area (Å²) in [5, 5.41) is 0. The molecule has 0 aliphatic carbocycles. The number of likely N-dealkylation sites (tertiary alicyclic amines) is 2. The van der Waals surface area contributed by atoms with E-state index in [1.165, 1.54) is 52.0 Å². The van der Waals surface area contributed by atoms with Gasteiger partial charge in [0, 0.05) is 38.3 Å². The molecule has 0 aromatic carbocycles. The lowest BCUT2D eigenvalue weighted by Gasteiger charge is -2.48. The fourth-order valence-corrected chi connectivity index (χ4v) is 3.04. The van der Waals surface area contributed by atoms with Gasteiger partial charge in [0.15, 0.2) is 0 Å². The molecule has 2 aliphatic rings. The standard InChI is InChI=1S/C13H27N3/c1-4-7-15-10-13(11-15)16-8-5-12(6-9-16)14(2)3/h12-13H,4-11H2,1-3H3. The van der Waals surface area contributed by atoms with E-state index in [2.05, 4.69) is 35.7 Å². The van der Waals surface area contributed by atoms with Crippen LogP contribution in [-0.2, 0) is 0 Å². The van der Waals surface area contributed by atoms with Gasteiger partial charge in [0.1, 0.15) is 0 Å². The zero-order valence-corrected chi connectivity index (χ0v) is 11.2. The quantitative estimate of drug-likeness (QED) is 0.709. The molecule has 2 heterocycles. The second-order valence-electron chi connectivity index (χ2n) is 5.64. The summed E-state index contributed by atoms with van der Waals surface area (Å²) in [5.41, 5.74) is 0. The Kier molecular flexibility index (Phi) is 4.22. The van der Waals surface area contributed by atoms with Gasteiger partial charge in [-0.15, -0.1) is 0 Å². The predicted octanol–water partition coefficient (Wildman–Crippen LogP) is 1.11. The van der Waals surface area contributed by atoms with Gasteiger partial charge in [0.2, 0.25) is 0 Å². The number of piperidine rings is 1. The second kappa shape index (κ2) is 5.48. The van der Waals surface area contributed by atoms with Crippen molar-refractivity contribution in [3.05, 3.63) is 0 Å². The highest BCUT2D eigenvalue weighted by Gasteiger charge is 2.33. The van der Waals surface area contributed by atoms with Gasteiger partial charge in [-0.05, 0) is 39.9 Å². The summed E-state index contributed by atoms with van der Waals surface area (Å²) in [6.45, 7) is 8.84. The third-order valence-corrected chi connectivity index (χ3v) is 4.22. The Morgan fingerprint density at radius 2 is 1.75 bits per heavy atom. The molecule has 0 aromatic rings. The molecule has 0 unspecified atom stereocenters. The molecule has 0 saturated carbocycles. The van der Waals surface area contributed by atoms with Gasteiger partial charge in [-0.3, -0.25) is 4.90 Å². The van der Waals surface area contributed by atoms with Gasteiger partial charge in [-0.2, -0.15) is 0 Å². The van der Waals surface area contributed by atoms with Gasteiger partial charge in [0.05, 0.1) is 0 Å². The van der Waals surface area contributed by atoms with Gasteiger partial charge in [-0.1, -0.05) is 6.92 Å². The van der Waals surface area contributed by atoms with Crippen molar-refractivity contribution < 1.29 is 0 Å². The van der Waals surface area contributed by atoms with Crippen LogP contribution in [0.5, 0.6) is 0 Å². The van der Waals surface area contributed by atoms with Gasteiger partial charge < -0.3 is 9.80 Å². The number of rotatable bonds is 4. The molecule has 2 rings (SSSR count). The molecule has 0 radical (unpaired) electrons. The minimum absolute atomic E-state index is 0.822. The maximum Gasteiger partial charge on any atom is 0.0350 e. The van der Waals surface area contributed by atoms with Crippen molar-refractivity contribution in [3.8, 4) is 0 Å². The fraction of sp³-hybridized carbons (Fsp3) is 1.00. The first-order valence-electron chi connectivity index (χ1n) is 6.83. The van der Waals surface area contributed by atoms with Crippen LogP contribution in [0.3, 0.4) is 0 Å². The fourth-order valence-electron chi connectivity index (χ4n) is 3.04. The molecule has 3 nitrogen and oxygen atoms in total. The van der Waals surface area contributed by atoms with Crippen molar-refractivity contribution in [2.75, 3.05) is 46.8 Å². The van der Waals surface area contributed by atoms with E-state index in [9.17, 15) is 0 Å². The summed E-state index contributed by atoms with van der Waals surface area (Å²) >= 11 is 0. The number of nitrogens with zero attached hydrogens (tertiary/aromatic N) is 3. The lowest BCUT2D eigenvalue weighted by Crippen LogP contribution is -2.61. The average molecular weight is 225 g/mol. The highest BCUT2D eigenvalue weighted by atomic mass is 15.3. The van der Waals surface area contributed by atoms with Crippen LogP contribution >= 0.6 is 0 Å². The monoisotopic (exact) mass is 225 g/mol. The van der Waals surface area contributed by atoms with E-state index in [4.69, 9.17) is 0 Å². The zero-order valence-electron chi connectivity index (χ0n) is 11.2. The molecule has 3 heteroatoms. The second-order valence-corrected chi connectivity index (χ2v) is 5.64. The van der Waals surface area contributed by atoms with Crippen molar-refractivity contribution in [3.63, 3.8) is 0 Å². The molecule has 16 heavy (non-hydrogen) atoms. The van der Waals surface area contributed by atoms with Crippen LogP contribution in [0.1, 0.15) is 26.2 Å². The van der Waals surface area contributed by atoms with Crippen LogP contribution in [0.25, 0.3) is 0 Å². The van der Waals surface area contributed by atoms with Crippen molar-refractivity contribution in [2.45, 2.75) is 38.3 Å². The summed E-state index contributed by atoms with van der Waals surface area (Å²) in [7, 11) is 4.43. The van der Waals surface area contributed by atoms with E-state index in [1.54, 1.807) is 0 Å². The highest BCUT2D eigenvalue weighted by molar-refractivity contribution is 4.90. The third-order valence-electron chi connectivity index (χ3n) is 4.22. The van der Waals surface area contributed by atoms with E-state index in [-0.39, 0.29) is 0 Å². The maximum absolute atomic E-state index is 2.71. The minimum atomic E-state index is 0.822. The maximum atomic E-state index is 2.71. The topological polar surface area (TPSA) is 9.72 Å². The van der Waals surface area contributed by atoms with Crippen molar-refractivity contribution in [1.29, 1.82) is 0 Å². The van der Waals surface area contributed by atoms with Crippen LogP contribution < -0.4 is 0 Å². The number of hydrogen-bond acceptors (Lipinski definition) is 3.